The number of carboxylic acids is 1. The molecule has 0 radical (unpaired) electrons. The van der Waals surface area contributed by atoms with Crippen LogP contribution >= 0.6 is 11.3 Å². The molecular weight excluding hydrogens is 532 g/mol. The lowest BCUT2D eigenvalue weighted by molar-refractivity contribution is 0.0696. The fraction of sp³-hybridized carbons (Fsp3) is 0.0588. The van der Waals surface area contributed by atoms with Gasteiger partial charge in [0.2, 0.25) is 0 Å². The molecule has 0 saturated carbocycles. The van der Waals surface area contributed by atoms with Gasteiger partial charge in [-0.1, -0.05) is 60.7 Å². The number of rotatable bonds is 7. The van der Waals surface area contributed by atoms with Crippen molar-refractivity contribution in [2.45, 2.75) is 13.0 Å². The first-order valence-corrected chi connectivity index (χ1v) is 13.9. The van der Waals surface area contributed by atoms with Gasteiger partial charge in [0.15, 0.2) is 5.78 Å². The van der Waals surface area contributed by atoms with Crippen molar-refractivity contribution in [3.8, 4) is 11.1 Å². The van der Waals surface area contributed by atoms with Crippen molar-refractivity contribution in [3.05, 3.63) is 136 Å². The summed E-state index contributed by atoms with van der Waals surface area (Å²) in [6, 6.07) is 29.1. The molecule has 0 saturated heterocycles. The second-order valence-corrected chi connectivity index (χ2v) is 10.7. The quantitative estimate of drug-likeness (QED) is 0.198. The number of thiophene rings is 1. The maximum atomic E-state index is 13.9. The highest BCUT2D eigenvalue weighted by atomic mass is 32.1. The highest BCUT2D eigenvalue weighted by Gasteiger charge is 2.23. The second-order valence-electron chi connectivity index (χ2n) is 9.78. The van der Waals surface area contributed by atoms with Crippen LogP contribution in [0.5, 0.6) is 0 Å². The van der Waals surface area contributed by atoms with Crippen molar-refractivity contribution in [2.24, 2.45) is 0 Å². The number of pyridine rings is 1. The number of benzene rings is 4. The number of aromatic carboxylic acids is 1. The Morgan fingerprint density at radius 3 is 2.29 bits per heavy atom. The molecule has 6 rings (SSSR count). The summed E-state index contributed by atoms with van der Waals surface area (Å²) in [6.45, 7) is 1.84. The molecule has 0 spiro atoms. The Balaban J connectivity index is 1.42. The van der Waals surface area contributed by atoms with Crippen LogP contribution in [-0.2, 0) is 0 Å². The molecule has 1 amide bonds. The Labute approximate surface area is 239 Å². The number of hydrogen-bond acceptors (Lipinski definition) is 5. The van der Waals surface area contributed by atoms with Crippen molar-refractivity contribution in [2.75, 3.05) is 0 Å². The average molecular weight is 557 g/mol. The number of hydrogen-bond donors (Lipinski definition) is 2. The minimum Gasteiger partial charge on any atom is -0.478 e. The van der Waals surface area contributed by atoms with E-state index in [4.69, 9.17) is 0 Å². The first kappa shape index (κ1) is 26.1. The van der Waals surface area contributed by atoms with E-state index in [1.165, 1.54) is 23.5 Å². The molecule has 0 aliphatic rings. The number of nitrogens with one attached hydrogen (secondary N) is 1. The van der Waals surface area contributed by atoms with Crippen LogP contribution in [-0.4, -0.2) is 27.8 Å². The summed E-state index contributed by atoms with van der Waals surface area (Å²) in [4.78, 5) is 43.4. The Morgan fingerprint density at radius 2 is 1.54 bits per heavy atom. The van der Waals surface area contributed by atoms with Crippen molar-refractivity contribution in [1.82, 2.24) is 10.3 Å². The fourth-order valence-electron chi connectivity index (χ4n) is 4.93. The van der Waals surface area contributed by atoms with Crippen LogP contribution in [0.25, 0.3) is 32.1 Å². The van der Waals surface area contributed by atoms with Gasteiger partial charge in [0.1, 0.15) is 0 Å². The molecule has 41 heavy (non-hydrogen) atoms. The lowest BCUT2D eigenvalue weighted by atomic mass is 9.95. The lowest BCUT2D eigenvalue weighted by Crippen LogP contribution is -2.27. The molecule has 0 fully saturated rings. The van der Waals surface area contributed by atoms with Gasteiger partial charge in [0.05, 0.1) is 17.1 Å². The largest absolute Gasteiger partial charge is 0.478 e. The molecule has 7 heteroatoms. The number of carboxylic acid groups (broad SMARTS) is 1. The SMILES string of the molecule is C[C@H](NC(=O)c1cc(-c2ccccc2)cc2scc(C(=O)c3cnc4ccccc4c3)c12)c1ccc(C(=O)O)cc1. The minimum atomic E-state index is -1.01. The van der Waals surface area contributed by atoms with E-state index in [1.807, 2.05) is 85.1 Å². The monoisotopic (exact) mass is 556 g/mol. The molecule has 6 aromatic rings. The van der Waals surface area contributed by atoms with Crippen LogP contribution in [0.3, 0.4) is 0 Å². The molecule has 0 aliphatic heterocycles. The minimum absolute atomic E-state index is 0.175. The Morgan fingerprint density at radius 1 is 0.805 bits per heavy atom. The Hall–Kier alpha value is -5.14. The van der Waals surface area contributed by atoms with Crippen molar-refractivity contribution in [1.29, 1.82) is 0 Å². The number of ketones is 1. The number of carbonyl (C=O) groups excluding carboxylic acids is 2. The Bertz CT molecular complexity index is 1950. The van der Waals surface area contributed by atoms with Crippen molar-refractivity contribution in [3.63, 3.8) is 0 Å². The zero-order chi connectivity index (χ0) is 28.5. The topological polar surface area (TPSA) is 96.4 Å². The van der Waals surface area contributed by atoms with Crippen LogP contribution < -0.4 is 5.32 Å². The van der Waals surface area contributed by atoms with Crippen LogP contribution in [0, 0.1) is 0 Å². The number of amides is 1. The van der Waals surface area contributed by atoms with Gasteiger partial charge in [-0.05, 0) is 60.0 Å². The predicted octanol–water partition coefficient (Wildman–Crippen LogP) is 7.54. The summed E-state index contributed by atoms with van der Waals surface area (Å²) in [6.07, 6.45) is 1.58. The summed E-state index contributed by atoms with van der Waals surface area (Å²) >= 11 is 1.42. The molecular formula is C34H24N2O4S. The average Bonchev–Trinajstić information content (AvgIpc) is 3.44. The maximum Gasteiger partial charge on any atom is 0.335 e. The van der Waals surface area contributed by atoms with Gasteiger partial charge in [-0.2, -0.15) is 0 Å². The lowest BCUT2D eigenvalue weighted by Gasteiger charge is -2.16. The fourth-order valence-corrected chi connectivity index (χ4v) is 5.94. The third-order valence-electron chi connectivity index (χ3n) is 7.13. The van der Waals surface area contributed by atoms with E-state index in [9.17, 15) is 19.5 Å². The van der Waals surface area contributed by atoms with Gasteiger partial charge < -0.3 is 10.4 Å². The first-order valence-electron chi connectivity index (χ1n) is 13.0. The van der Waals surface area contributed by atoms with E-state index >= 15 is 0 Å². The molecule has 2 aromatic heterocycles. The maximum absolute atomic E-state index is 13.9. The normalized spacial score (nSPS) is 11.8. The third kappa shape index (κ3) is 5.11. The standard InChI is InChI=1S/C34H24N2O4S/c1-20(21-11-13-23(14-12-21)34(39)40)36-33(38)27-16-25(22-7-3-2-4-8-22)17-30-31(27)28(19-41-30)32(37)26-15-24-9-5-6-10-29(24)35-18-26/h2-20H,1H3,(H,36,38)(H,39,40)/t20-/m0/s1. The highest BCUT2D eigenvalue weighted by molar-refractivity contribution is 7.17. The molecule has 6 nitrogen and oxygen atoms in total. The molecule has 0 unspecified atom stereocenters. The molecule has 2 N–H and O–H groups in total. The molecule has 0 aliphatic carbocycles. The van der Waals surface area contributed by atoms with Crippen LogP contribution in [0.1, 0.15) is 55.2 Å². The first-order chi connectivity index (χ1) is 19.9. The summed E-state index contributed by atoms with van der Waals surface area (Å²) < 4.78 is 0.826. The van der Waals surface area contributed by atoms with E-state index < -0.39 is 12.0 Å². The summed E-state index contributed by atoms with van der Waals surface area (Å²) in [7, 11) is 0. The second kappa shape index (κ2) is 10.8. The summed E-state index contributed by atoms with van der Waals surface area (Å²) in [5, 5.41) is 15.5. The number of fused-ring (bicyclic) bond motifs is 2. The van der Waals surface area contributed by atoms with Gasteiger partial charge in [0, 0.05) is 43.7 Å². The summed E-state index contributed by atoms with van der Waals surface area (Å²) in [5.41, 5.74) is 4.87. The number of para-hydroxylation sites is 1. The highest BCUT2D eigenvalue weighted by Crippen LogP contribution is 2.36. The predicted molar refractivity (Wildman–Crippen MR) is 162 cm³/mol. The van der Waals surface area contributed by atoms with Gasteiger partial charge in [-0.25, -0.2) is 4.79 Å². The van der Waals surface area contributed by atoms with Gasteiger partial charge in [-0.15, -0.1) is 11.3 Å². The van der Waals surface area contributed by atoms with Crippen LogP contribution in [0.4, 0.5) is 0 Å². The van der Waals surface area contributed by atoms with E-state index in [0.717, 1.165) is 32.3 Å². The Kier molecular flexibility index (Phi) is 6.87. The van der Waals surface area contributed by atoms with Crippen LogP contribution in [0.15, 0.2) is 109 Å². The number of aromatic nitrogens is 1. The zero-order valence-corrected chi connectivity index (χ0v) is 22.8. The van der Waals surface area contributed by atoms with E-state index in [2.05, 4.69) is 10.3 Å². The zero-order valence-electron chi connectivity index (χ0n) is 22.0. The van der Waals surface area contributed by atoms with Crippen LogP contribution in [0.2, 0.25) is 0 Å². The molecule has 1 atom stereocenters. The van der Waals surface area contributed by atoms with Gasteiger partial charge in [-0.3, -0.25) is 14.6 Å². The van der Waals surface area contributed by atoms with Crippen molar-refractivity contribution >= 4 is 50.0 Å². The molecule has 2 heterocycles. The van der Waals surface area contributed by atoms with E-state index in [1.54, 1.807) is 18.3 Å². The van der Waals surface area contributed by atoms with Gasteiger partial charge in [0.25, 0.3) is 5.91 Å². The summed E-state index contributed by atoms with van der Waals surface area (Å²) in [5.74, 6) is -1.54. The molecule has 0 bridgehead atoms. The van der Waals surface area contributed by atoms with Crippen molar-refractivity contribution < 1.29 is 19.5 Å². The molecule has 4 aromatic carbocycles. The number of carbonyl (C=O) groups is 3. The van der Waals surface area contributed by atoms with E-state index in [-0.39, 0.29) is 17.3 Å². The van der Waals surface area contributed by atoms with E-state index in [0.29, 0.717) is 22.1 Å². The smallest absolute Gasteiger partial charge is 0.335 e. The number of nitrogens with zero attached hydrogens (tertiary/aromatic N) is 1. The van der Waals surface area contributed by atoms with Gasteiger partial charge >= 0.3 is 5.97 Å². The molecule has 200 valence electrons. The third-order valence-corrected chi connectivity index (χ3v) is 8.06.